The van der Waals surface area contributed by atoms with E-state index in [9.17, 15) is 17.6 Å². The minimum atomic E-state index is -3.87. The van der Waals surface area contributed by atoms with Crippen LogP contribution >= 0.6 is 11.3 Å². The molecular weight excluding hydrogens is 588 g/mol. The van der Waals surface area contributed by atoms with Crippen LogP contribution in [-0.2, 0) is 23.5 Å². The highest BCUT2D eigenvalue weighted by Gasteiger charge is 2.52. The SMILES string of the molecule is CC(C)N([C@H]1CCC2=Cc3c(cnn3-c3ccc(F)cc3)C[C@]2(C(=O)c2ncc(C3CC3)s2)C1)S(=O)(=O)c1cnn(C)c1. The third-order valence-corrected chi connectivity index (χ3v) is 12.2. The van der Waals surface area contributed by atoms with Gasteiger partial charge < -0.3 is 0 Å². The fourth-order valence-electron chi connectivity index (χ4n) is 6.79. The molecule has 224 valence electrons. The van der Waals surface area contributed by atoms with E-state index < -0.39 is 21.5 Å². The number of hydrogen-bond acceptors (Lipinski definition) is 7. The molecule has 0 bridgehead atoms. The van der Waals surface area contributed by atoms with E-state index in [2.05, 4.69) is 15.2 Å². The molecule has 12 heteroatoms. The fourth-order valence-corrected chi connectivity index (χ4v) is 9.75. The van der Waals surface area contributed by atoms with E-state index in [0.29, 0.717) is 36.6 Å². The molecule has 4 aromatic rings. The van der Waals surface area contributed by atoms with Crippen LogP contribution in [0.25, 0.3) is 11.8 Å². The predicted octanol–water partition coefficient (Wildman–Crippen LogP) is 5.54. The average molecular weight is 621 g/mol. The highest BCUT2D eigenvalue weighted by molar-refractivity contribution is 7.89. The standard InChI is InChI=1S/C31H33FN6O3S2/c1-19(2)38(43(40,41)26-16-34-36(3)18-26)25-9-6-22-12-27-21(15-35-37(27)24-10-7-23(32)8-11-24)13-31(22,14-25)29(39)30-33-17-28(42-30)20-4-5-20/h7-8,10-12,15-20,25H,4-6,9,13-14H2,1-3H3/t25-,31-/m0/s1. The summed E-state index contributed by atoms with van der Waals surface area (Å²) in [6, 6.07) is 5.45. The lowest BCUT2D eigenvalue weighted by atomic mass is 9.61. The maximum Gasteiger partial charge on any atom is 0.246 e. The first-order valence-electron chi connectivity index (χ1n) is 14.6. The van der Waals surface area contributed by atoms with Crippen molar-refractivity contribution in [2.75, 3.05) is 0 Å². The third kappa shape index (κ3) is 4.79. The maximum atomic E-state index is 14.7. The molecule has 0 spiro atoms. The number of carbonyl (C=O) groups excluding carboxylic acids is 1. The minimum Gasteiger partial charge on any atom is -0.290 e. The average Bonchev–Trinajstić information content (AvgIpc) is 3.33. The van der Waals surface area contributed by atoms with Crippen LogP contribution in [0.4, 0.5) is 4.39 Å². The number of rotatable bonds is 8. The van der Waals surface area contributed by atoms with Crippen LogP contribution in [0.2, 0.25) is 0 Å². The molecule has 9 nitrogen and oxygen atoms in total. The van der Waals surface area contributed by atoms with Crippen LogP contribution in [-0.4, -0.2) is 55.1 Å². The second-order valence-electron chi connectivity index (χ2n) is 12.2. The Bertz CT molecular complexity index is 1850. The van der Waals surface area contributed by atoms with Crippen molar-refractivity contribution in [3.8, 4) is 5.69 Å². The number of nitrogens with zero attached hydrogens (tertiary/aromatic N) is 6. The van der Waals surface area contributed by atoms with Gasteiger partial charge in [-0.05, 0) is 94.2 Å². The molecule has 43 heavy (non-hydrogen) atoms. The van der Waals surface area contributed by atoms with Gasteiger partial charge in [0, 0.05) is 36.4 Å². The lowest BCUT2D eigenvalue weighted by Gasteiger charge is -2.47. The lowest BCUT2D eigenvalue weighted by molar-refractivity contribution is 0.0727. The first kappa shape index (κ1) is 28.3. The third-order valence-electron chi connectivity index (χ3n) is 8.96. The van der Waals surface area contributed by atoms with Gasteiger partial charge in [0.05, 0.1) is 29.2 Å². The van der Waals surface area contributed by atoms with Gasteiger partial charge in [0.2, 0.25) is 15.8 Å². The number of aromatic nitrogens is 5. The Morgan fingerprint density at radius 3 is 2.56 bits per heavy atom. The summed E-state index contributed by atoms with van der Waals surface area (Å²) in [7, 11) is -2.18. The molecule has 0 unspecified atom stereocenters. The second kappa shape index (κ2) is 10.3. The molecule has 7 rings (SSSR count). The van der Waals surface area contributed by atoms with Crippen LogP contribution in [0.15, 0.2) is 59.5 Å². The fraction of sp³-hybridized carbons (Fsp3) is 0.419. The maximum absolute atomic E-state index is 14.7. The number of fused-ring (bicyclic) bond motifs is 2. The zero-order valence-corrected chi connectivity index (χ0v) is 25.9. The summed E-state index contributed by atoms with van der Waals surface area (Å²) in [6.45, 7) is 3.75. The molecule has 0 radical (unpaired) electrons. The quantitative estimate of drug-likeness (QED) is 0.240. The first-order chi connectivity index (χ1) is 20.6. The zero-order chi connectivity index (χ0) is 30.1. The molecule has 0 aliphatic heterocycles. The number of aryl methyl sites for hydroxylation is 1. The second-order valence-corrected chi connectivity index (χ2v) is 15.1. The van der Waals surface area contributed by atoms with Crippen molar-refractivity contribution in [1.29, 1.82) is 0 Å². The van der Waals surface area contributed by atoms with E-state index >= 15 is 0 Å². The molecule has 0 N–H and O–H groups in total. The normalized spacial score (nSPS) is 22.0. The van der Waals surface area contributed by atoms with Crippen LogP contribution in [0, 0.1) is 11.2 Å². The molecule has 2 fully saturated rings. The minimum absolute atomic E-state index is 0.0528. The Kier molecular flexibility index (Phi) is 6.79. The van der Waals surface area contributed by atoms with Crippen molar-refractivity contribution in [2.24, 2.45) is 12.5 Å². The number of allylic oxidation sites excluding steroid dienone is 1. The largest absolute Gasteiger partial charge is 0.290 e. The number of thiazole rings is 1. The van der Waals surface area contributed by atoms with Gasteiger partial charge in [-0.15, -0.1) is 11.3 Å². The smallest absolute Gasteiger partial charge is 0.246 e. The molecule has 0 saturated heterocycles. The molecular formula is C31H33FN6O3S2. The summed E-state index contributed by atoms with van der Waals surface area (Å²) in [5, 5.41) is 9.21. The summed E-state index contributed by atoms with van der Waals surface area (Å²) in [6.07, 6.45) is 12.7. The number of halogens is 1. The van der Waals surface area contributed by atoms with Gasteiger partial charge in [-0.3, -0.25) is 9.48 Å². The lowest BCUT2D eigenvalue weighted by Crippen LogP contribution is -2.52. The van der Waals surface area contributed by atoms with Crippen molar-refractivity contribution in [1.82, 2.24) is 28.9 Å². The summed E-state index contributed by atoms with van der Waals surface area (Å²) in [5.41, 5.74) is 2.51. The van der Waals surface area contributed by atoms with Gasteiger partial charge in [-0.1, -0.05) is 5.57 Å². The van der Waals surface area contributed by atoms with E-state index in [1.165, 1.54) is 40.5 Å². The van der Waals surface area contributed by atoms with E-state index in [-0.39, 0.29) is 22.5 Å². The predicted molar refractivity (Wildman–Crippen MR) is 161 cm³/mol. The van der Waals surface area contributed by atoms with Crippen LogP contribution < -0.4 is 0 Å². The zero-order valence-electron chi connectivity index (χ0n) is 24.3. The summed E-state index contributed by atoms with van der Waals surface area (Å²) in [5.74, 6) is 0.109. The summed E-state index contributed by atoms with van der Waals surface area (Å²) < 4.78 is 46.5. The first-order valence-corrected chi connectivity index (χ1v) is 16.9. The van der Waals surface area contributed by atoms with Crippen LogP contribution in [0.1, 0.15) is 77.8 Å². The molecule has 0 amide bonds. The molecule has 2 saturated carbocycles. The number of carbonyl (C=O) groups is 1. The number of sulfonamides is 1. The Balaban J connectivity index is 1.31. The van der Waals surface area contributed by atoms with Crippen molar-refractivity contribution >= 4 is 33.2 Å². The van der Waals surface area contributed by atoms with Crippen molar-refractivity contribution in [3.63, 3.8) is 0 Å². The molecule has 3 aliphatic rings. The molecule has 3 aliphatic carbocycles. The van der Waals surface area contributed by atoms with Gasteiger partial charge in [0.25, 0.3) is 0 Å². The summed E-state index contributed by atoms with van der Waals surface area (Å²) >= 11 is 1.47. The molecule has 3 aromatic heterocycles. The van der Waals surface area contributed by atoms with Gasteiger partial charge in [0.1, 0.15) is 10.7 Å². The molecule has 1 aromatic carbocycles. The molecule has 3 heterocycles. The van der Waals surface area contributed by atoms with Crippen molar-refractivity contribution in [2.45, 2.75) is 75.3 Å². The van der Waals surface area contributed by atoms with E-state index in [1.54, 1.807) is 34.4 Å². The van der Waals surface area contributed by atoms with Gasteiger partial charge >= 0.3 is 0 Å². The van der Waals surface area contributed by atoms with Gasteiger partial charge in [-0.2, -0.15) is 14.5 Å². The Labute approximate surface area is 254 Å². The van der Waals surface area contributed by atoms with E-state index in [0.717, 1.165) is 40.2 Å². The number of benzene rings is 1. The van der Waals surface area contributed by atoms with Crippen molar-refractivity contribution in [3.05, 3.63) is 81.6 Å². The molecule has 2 atom stereocenters. The Morgan fingerprint density at radius 2 is 1.88 bits per heavy atom. The van der Waals surface area contributed by atoms with E-state index in [1.807, 2.05) is 26.1 Å². The van der Waals surface area contributed by atoms with Crippen LogP contribution in [0.5, 0.6) is 0 Å². The van der Waals surface area contributed by atoms with E-state index in [4.69, 9.17) is 0 Å². The monoisotopic (exact) mass is 620 g/mol. The topological polar surface area (TPSA) is 103 Å². The summed E-state index contributed by atoms with van der Waals surface area (Å²) in [4.78, 5) is 20.5. The number of Topliss-reactive ketones (excluding diaryl/α,β-unsaturated/α-hetero) is 1. The van der Waals surface area contributed by atoms with Gasteiger partial charge in [-0.25, -0.2) is 22.5 Å². The number of hydrogen-bond donors (Lipinski definition) is 0. The highest BCUT2D eigenvalue weighted by atomic mass is 32.2. The number of ketones is 1. The Morgan fingerprint density at radius 1 is 1.12 bits per heavy atom. The Hall–Kier alpha value is -3.48. The van der Waals surface area contributed by atoms with Gasteiger partial charge in [0.15, 0.2) is 5.01 Å². The highest BCUT2D eigenvalue weighted by Crippen LogP contribution is 2.52. The van der Waals surface area contributed by atoms with Crippen molar-refractivity contribution < 1.29 is 17.6 Å². The van der Waals surface area contributed by atoms with Crippen LogP contribution in [0.3, 0.4) is 0 Å².